The van der Waals surface area contributed by atoms with E-state index in [2.05, 4.69) is 48.7 Å². The number of hydrogen-bond acceptors (Lipinski definition) is 2. The highest BCUT2D eigenvalue weighted by molar-refractivity contribution is 5.44. The minimum absolute atomic E-state index is 0.993. The van der Waals surface area contributed by atoms with E-state index in [1.165, 1.54) is 24.1 Å². The van der Waals surface area contributed by atoms with Crippen LogP contribution in [-0.2, 0) is 0 Å². The molecule has 0 amide bonds. The van der Waals surface area contributed by atoms with E-state index in [1.54, 1.807) is 0 Å². The van der Waals surface area contributed by atoms with Crippen molar-refractivity contribution in [2.24, 2.45) is 0 Å². The maximum atomic E-state index is 3.41. The molecule has 0 saturated carbocycles. The SMILES string of the molecule is CCCCNCCNc1ccc(C)cc1. The Bertz CT molecular complexity index is 254. The first kappa shape index (κ1) is 12.1. The summed E-state index contributed by atoms with van der Waals surface area (Å²) in [6.07, 6.45) is 2.53. The molecule has 84 valence electrons. The average molecular weight is 206 g/mol. The van der Waals surface area contributed by atoms with E-state index in [0.717, 1.165) is 19.6 Å². The van der Waals surface area contributed by atoms with Crippen molar-refractivity contribution < 1.29 is 0 Å². The van der Waals surface area contributed by atoms with Crippen LogP contribution < -0.4 is 10.6 Å². The van der Waals surface area contributed by atoms with Gasteiger partial charge in [-0.3, -0.25) is 0 Å². The third kappa shape index (κ3) is 5.43. The first-order chi connectivity index (χ1) is 7.33. The molecule has 0 bridgehead atoms. The highest BCUT2D eigenvalue weighted by atomic mass is 14.9. The fourth-order valence-corrected chi connectivity index (χ4v) is 1.39. The first-order valence-corrected chi connectivity index (χ1v) is 5.84. The van der Waals surface area contributed by atoms with Crippen molar-refractivity contribution in [3.8, 4) is 0 Å². The van der Waals surface area contributed by atoms with Crippen LogP contribution in [0.15, 0.2) is 24.3 Å². The third-order valence-electron chi connectivity index (χ3n) is 2.39. The van der Waals surface area contributed by atoms with Crippen LogP contribution in [0, 0.1) is 6.92 Å². The zero-order valence-corrected chi connectivity index (χ0v) is 9.84. The Morgan fingerprint density at radius 2 is 1.73 bits per heavy atom. The van der Waals surface area contributed by atoms with E-state index in [1.807, 2.05) is 0 Å². The lowest BCUT2D eigenvalue weighted by Gasteiger charge is -2.07. The lowest BCUT2D eigenvalue weighted by molar-refractivity contribution is 0.652. The zero-order chi connectivity index (χ0) is 10.9. The summed E-state index contributed by atoms with van der Waals surface area (Å²) in [5.41, 5.74) is 2.51. The van der Waals surface area contributed by atoms with Gasteiger partial charge >= 0.3 is 0 Å². The Labute approximate surface area is 93.1 Å². The van der Waals surface area contributed by atoms with E-state index in [9.17, 15) is 0 Å². The molecule has 1 rings (SSSR count). The fraction of sp³-hybridized carbons (Fsp3) is 0.538. The molecule has 0 radical (unpaired) electrons. The molecule has 0 aliphatic carbocycles. The molecule has 0 aliphatic rings. The number of unbranched alkanes of at least 4 members (excludes halogenated alkanes) is 1. The molecule has 2 heteroatoms. The van der Waals surface area contributed by atoms with E-state index in [4.69, 9.17) is 0 Å². The molecule has 0 fully saturated rings. The summed E-state index contributed by atoms with van der Waals surface area (Å²) in [5, 5.41) is 6.79. The summed E-state index contributed by atoms with van der Waals surface area (Å²) in [5.74, 6) is 0. The van der Waals surface area contributed by atoms with E-state index >= 15 is 0 Å². The van der Waals surface area contributed by atoms with Crippen LogP contribution in [0.5, 0.6) is 0 Å². The predicted molar refractivity (Wildman–Crippen MR) is 67.4 cm³/mol. The van der Waals surface area contributed by atoms with Crippen LogP contribution in [0.4, 0.5) is 5.69 Å². The summed E-state index contributed by atoms with van der Waals surface area (Å²) >= 11 is 0. The summed E-state index contributed by atoms with van der Waals surface area (Å²) in [4.78, 5) is 0. The predicted octanol–water partition coefficient (Wildman–Crippen LogP) is 2.80. The average Bonchev–Trinajstić information content (AvgIpc) is 2.26. The lowest BCUT2D eigenvalue weighted by atomic mass is 10.2. The normalized spacial score (nSPS) is 10.3. The smallest absolute Gasteiger partial charge is 0.0340 e. The minimum Gasteiger partial charge on any atom is -0.384 e. The van der Waals surface area contributed by atoms with Gasteiger partial charge in [0.2, 0.25) is 0 Å². The number of aryl methyl sites for hydroxylation is 1. The maximum Gasteiger partial charge on any atom is 0.0340 e. The second-order valence-electron chi connectivity index (χ2n) is 3.90. The molecule has 0 aromatic heterocycles. The van der Waals surface area contributed by atoms with Crippen molar-refractivity contribution in [1.29, 1.82) is 0 Å². The van der Waals surface area contributed by atoms with Crippen LogP contribution in [0.1, 0.15) is 25.3 Å². The van der Waals surface area contributed by atoms with Crippen LogP contribution in [0.25, 0.3) is 0 Å². The Morgan fingerprint density at radius 3 is 2.40 bits per heavy atom. The van der Waals surface area contributed by atoms with Gasteiger partial charge in [0.15, 0.2) is 0 Å². The van der Waals surface area contributed by atoms with Crippen molar-refractivity contribution in [2.75, 3.05) is 25.0 Å². The van der Waals surface area contributed by atoms with Crippen molar-refractivity contribution in [2.45, 2.75) is 26.7 Å². The van der Waals surface area contributed by atoms with Gasteiger partial charge in [-0.15, -0.1) is 0 Å². The van der Waals surface area contributed by atoms with Gasteiger partial charge < -0.3 is 10.6 Å². The summed E-state index contributed by atoms with van der Waals surface area (Å²) in [6.45, 7) is 7.48. The maximum absolute atomic E-state index is 3.41. The van der Waals surface area contributed by atoms with Crippen LogP contribution in [0.3, 0.4) is 0 Å². The molecule has 2 N–H and O–H groups in total. The van der Waals surface area contributed by atoms with Crippen LogP contribution >= 0.6 is 0 Å². The number of benzene rings is 1. The van der Waals surface area contributed by atoms with Gasteiger partial charge in [-0.25, -0.2) is 0 Å². The largest absolute Gasteiger partial charge is 0.384 e. The van der Waals surface area contributed by atoms with E-state index < -0.39 is 0 Å². The molecule has 1 aromatic rings. The number of rotatable bonds is 7. The Balaban J connectivity index is 2.07. The molecule has 0 aliphatic heterocycles. The summed E-state index contributed by atoms with van der Waals surface area (Å²) in [7, 11) is 0. The summed E-state index contributed by atoms with van der Waals surface area (Å²) in [6, 6.07) is 8.52. The monoisotopic (exact) mass is 206 g/mol. The Morgan fingerprint density at radius 1 is 1.00 bits per heavy atom. The molecule has 0 spiro atoms. The van der Waals surface area contributed by atoms with Gasteiger partial charge in [0.25, 0.3) is 0 Å². The Hall–Kier alpha value is -1.02. The molecule has 15 heavy (non-hydrogen) atoms. The molecule has 0 unspecified atom stereocenters. The first-order valence-electron chi connectivity index (χ1n) is 5.84. The number of nitrogens with one attached hydrogen (secondary N) is 2. The highest BCUT2D eigenvalue weighted by Crippen LogP contribution is 2.07. The standard InChI is InChI=1S/C13H22N2/c1-3-4-9-14-10-11-15-13-7-5-12(2)6-8-13/h5-8,14-15H,3-4,9-11H2,1-2H3. The van der Waals surface area contributed by atoms with Gasteiger partial charge in [0.1, 0.15) is 0 Å². The van der Waals surface area contributed by atoms with Gasteiger partial charge in [0.05, 0.1) is 0 Å². The number of anilines is 1. The fourth-order valence-electron chi connectivity index (χ4n) is 1.39. The van der Waals surface area contributed by atoms with Gasteiger partial charge in [0, 0.05) is 18.8 Å². The van der Waals surface area contributed by atoms with Crippen molar-refractivity contribution in [1.82, 2.24) is 5.32 Å². The molecule has 0 atom stereocenters. The van der Waals surface area contributed by atoms with Crippen molar-refractivity contribution >= 4 is 5.69 Å². The summed E-state index contributed by atoms with van der Waals surface area (Å²) < 4.78 is 0. The molecule has 0 saturated heterocycles. The lowest BCUT2D eigenvalue weighted by Crippen LogP contribution is -2.23. The van der Waals surface area contributed by atoms with Crippen molar-refractivity contribution in [3.63, 3.8) is 0 Å². The highest BCUT2D eigenvalue weighted by Gasteiger charge is 1.90. The topological polar surface area (TPSA) is 24.1 Å². The second-order valence-corrected chi connectivity index (χ2v) is 3.90. The minimum atomic E-state index is 0.993. The zero-order valence-electron chi connectivity index (χ0n) is 9.84. The Kier molecular flexibility index (Phi) is 5.86. The van der Waals surface area contributed by atoms with Crippen molar-refractivity contribution in [3.05, 3.63) is 29.8 Å². The van der Waals surface area contributed by atoms with Crippen LogP contribution in [0.2, 0.25) is 0 Å². The van der Waals surface area contributed by atoms with E-state index in [0.29, 0.717) is 0 Å². The molecular formula is C13H22N2. The van der Waals surface area contributed by atoms with Gasteiger partial charge in [-0.2, -0.15) is 0 Å². The second kappa shape index (κ2) is 7.30. The van der Waals surface area contributed by atoms with Gasteiger partial charge in [-0.05, 0) is 32.0 Å². The number of hydrogen-bond donors (Lipinski definition) is 2. The molecule has 2 nitrogen and oxygen atoms in total. The van der Waals surface area contributed by atoms with E-state index in [-0.39, 0.29) is 0 Å². The van der Waals surface area contributed by atoms with Crippen LogP contribution in [-0.4, -0.2) is 19.6 Å². The quantitative estimate of drug-likeness (QED) is 0.670. The molecule has 1 aromatic carbocycles. The molecular weight excluding hydrogens is 184 g/mol. The third-order valence-corrected chi connectivity index (χ3v) is 2.39. The van der Waals surface area contributed by atoms with Gasteiger partial charge in [-0.1, -0.05) is 31.0 Å². The molecule has 0 heterocycles.